The predicted molar refractivity (Wildman–Crippen MR) is 77.9 cm³/mol. The summed E-state index contributed by atoms with van der Waals surface area (Å²) in [5.74, 6) is -0.309. The molecule has 0 spiro atoms. The van der Waals surface area contributed by atoms with Gasteiger partial charge in [-0.25, -0.2) is 4.79 Å². The Hall–Kier alpha value is -2.08. The van der Waals surface area contributed by atoms with Crippen LogP contribution in [0.1, 0.15) is 17.5 Å². The third kappa shape index (κ3) is 3.06. The summed E-state index contributed by atoms with van der Waals surface area (Å²) in [5, 5.41) is 9.19. The number of benzene rings is 1. The normalized spacial score (nSPS) is 20.9. The van der Waals surface area contributed by atoms with E-state index in [-0.39, 0.29) is 18.9 Å². The van der Waals surface area contributed by atoms with Crippen molar-refractivity contribution < 1.29 is 24.2 Å². The molecule has 6 heteroatoms. The van der Waals surface area contributed by atoms with E-state index in [0.29, 0.717) is 13.2 Å². The Morgan fingerprint density at radius 1 is 1.32 bits per heavy atom. The van der Waals surface area contributed by atoms with Crippen molar-refractivity contribution in [3.05, 3.63) is 29.3 Å². The van der Waals surface area contributed by atoms with E-state index in [1.54, 1.807) is 0 Å². The number of hydrogen-bond acceptors (Lipinski definition) is 4. The topological polar surface area (TPSA) is 76.1 Å². The van der Waals surface area contributed by atoms with Gasteiger partial charge in [0.05, 0.1) is 26.2 Å². The molecule has 6 nitrogen and oxygen atoms in total. The molecular formula is C16H19NO5. The number of fused-ring (bicyclic) bond motifs is 1. The first-order valence-corrected chi connectivity index (χ1v) is 7.50. The Morgan fingerprint density at radius 3 is 3.00 bits per heavy atom. The number of hydrogen-bond donors (Lipinski definition) is 1. The smallest absolute Gasteiger partial charge is 0.328 e. The minimum atomic E-state index is -1.02. The molecule has 1 aromatic carbocycles. The Balaban J connectivity index is 1.71. The number of aliphatic carboxylic acids is 1. The molecule has 1 unspecified atom stereocenters. The van der Waals surface area contributed by atoms with Crippen molar-refractivity contribution in [3.8, 4) is 5.75 Å². The molecule has 0 radical (unpaired) electrons. The van der Waals surface area contributed by atoms with E-state index in [2.05, 4.69) is 0 Å². The molecular weight excluding hydrogens is 286 g/mol. The second-order valence-corrected chi connectivity index (χ2v) is 5.59. The van der Waals surface area contributed by atoms with Crippen LogP contribution < -0.4 is 4.74 Å². The lowest BCUT2D eigenvalue weighted by atomic mass is 10.0. The molecule has 118 valence electrons. The highest BCUT2D eigenvalue weighted by atomic mass is 16.5. The number of rotatable bonds is 3. The van der Waals surface area contributed by atoms with Gasteiger partial charge < -0.3 is 19.5 Å². The maximum Gasteiger partial charge on any atom is 0.328 e. The van der Waals surface area contributed by atoms with E-state index < -0.39 is 12.0 Å². The average Bonchev–Trinajstić information content (AvgIpc) is 2.54. The van der Waals surface area contributed by atoms with Crippen LogP contribution in [0, 0.1) is 0 Å². The monoisotopic (exact) mass is 305 g/mol. The number of aryl methyl sites for hydroxylation is 1. The first kappa shape index (κ1) is 14.8. The molecule has 2 aliphatic heterocycles. The van der Waals surface area contributed by atoms with E-state index in [1.807, 2.05) is 18.2 Å². The van der Waals surface area contributed by atoms with Crippen LogP contribution in [0.3, 0.4) is 0 Å². The summed E-state index contributed by atoms with van der Waals surface area (Å²) >= 11 is 0. The number of ether oxygens (including phenoxy) is 2. The number of nitrogens with zero attached hydrogens (tertiary/aromatic N) is 1. The minimum absolute atomic E-state index is 0.0547. The van der Waals surface area contributed by atoms with Crippen molar-refractivity contribution in [1.82, 2.24) is 4.90 Å². The fourth-order valence-electron chi connectivity index (χ4n) is 2.91. The fraction of sp³-hybridized carbons (Fsp3) is 0.500. The molecule has 0 aromatic heterocycles. The summed E-state index contributed by atoms with van der Waals surface area (Å²) in [6.07, 6.45) is 2.14. The molecule has 1 saturated heterocycles. The van der Waals surface area contributed by atoms with Crippen molar-refractivity contribution >= 4 is 11.9 Å². The number of carbonyl (C=O) groups is 2. The van der Waals surface area contributed by atoms with Gasteiger partial charge in [-0.05, 0) is 30.0 Å². The molecule has 22 heavy (non-hydrogen) atoms. The zero-order valence-electron chi connectivity index (χ0n) is 12.3. The van der Waals surface area contributed by atoms with E-state index in [9.17, 15) is 14.7 Å². The summed E-state index contributed by atoms with van der Waals surface area (Å²) in [5.41, 5.74) is 2.01. The van der Waals surface area contributed by atoms with E-state index in [0.717, 1.165) is 36.3 Å². The Kier molecular flexibility index (Phi) is 4.29. The quantitative estimate of drug-likeness (QED) is 0.896. The third-order valence-corrected chi connectivity index (χ3v) is 4.06. The number of morpholine rings is 1. The molecule has 1 aromatic rings. The highest BCUT2D eigenvalue weighted by Crippen LogP contribution is 2.26. The van der Waals surface area contributed by atoms with Gasteiger partial charge in [-0.2, -0.15) is 0 Å². The van der Waals surface area contributed by atoms with Gasteiger partial charge in [-0.1, -0.05) is 12.1 Å². The van der Waals surface area contributed by atoms with Gasteiger partial charge in [0.25, 0.3) is 0 Å². The SMILES string of the molecule is O=C(O)C1COCCN1C(=O)Cc1ccc2c(c1)CCCO2. The zero-order chi connectivity index (χ0) is 15.5. The molecule has 3 rings (SSSR count). The van der Waals surface area contributed by atoms with E-state index in [1.165, 1.54) is 4.90 Å². The third-order valence-electron chi connectivity index (χ3n) is 4.06. The molecule has 1 atom stereocenters. The molecule has 1 N–H and O–H groups in total. The van der Waals surface area contributed by atoms with Gasteiger partial charge in [0, 0.05) is 6.54 Å². The van der Waals surface area contributed by atoms with Crippen LogP contribution >= 0.6 is 0 Å². The lowest BCUT2D eigenvalue weighted by Gasteiger charge is -2.33. The summed E-state index contributed by atoms with van der Waals surface area (Å²) in [7, 11) is 0. The van der Waals surface area contributed by atoms with E-state index >= 15 is 0 Å². The molecule has 0 saturated carbocycles. The Labute approximate surface area is 128 Å². The minimum Gasteiger partial charge on any atom is -0.493 e. The molecule has 1 amide bonds. The average molecular weight is 305 g/mol. The highest BCUT2D eigenvalue weighted by Gasteiger charge is 2.32. The standard InChI is InChI=1S/C16H19NO5/c18-15(17-5-7-21-10-13(17)16(19)20)9-11-3-4-14-12(8-11)2-1-6-22-14/h3-4,8,13H,1-2,5-7,9-10H2,(H,19,20). The largest absolute Gasteiger partial charge is 0.493 e. The van der Waals surface area contributed by atoms with Crippen molar-refractivity contribution in [1.29, 1.82) is 0 Å². The molecule has 2 aliphatic rings. The van der Waals surface area contributed by atoms with Gasteiger partial charge in [0.1, 0.15) is 5.75 Å². The van der Waals surface area contributed by atoms with Gasteiger partial charge in [-0.15, -0.1) is 0 Å². The second kappa shape index (κ2) is 6.36. The van der Waals surface area contributed by atoms with Crippen LogP contribution in [0.5, 0.6) is 5.75 Å². The van der Waals surface area contributed by atoms with Crippen LogP contribution in [-0.4, -0.2) is 54.3 Å². The van der Waals surface area contributed by atoms with Gasteiger partial charge in [0.15, 0.2) is 6.04 Å². The van der Waals surface area contributed by atoms with Crippen molar-refractivity contribution in [2.75, 3.05) is 26.4 Å². The first-order valence-electron chi connectivity index (χ1n) is 7.50. The number of carboxylic acids is 1. The molecule has 0 aliphatic carbocycles. The lowest BCUT2D eigenvalue weighted by Crippen LogP contribution is -2.53. The number of carboxylic acid groups (broad SMARTS) is 1. The van der Waals surface area contributed by atoms with Gasteiger partial charge >= 0.3 is 5.97 Å². The lowest BCUT2D eigenvalue weighted by molar-refractivity contribution is -0.158. The highest BCUT2D eigenvalue weighted by molar-refractivity contribution is 5.85. The zero-order valence-corrected chi connectivity index (χ0v) is 12.3. The van der Waals surface area contributed by atoms with Gasteiger partial charge in [-0.3, -0.25) is 4.79 Å². The fourth-order valence-corrected chi connectivity index (χ4v) is 2.91. The molecule has 1 fully saturated rings. The van der Waals surface area contributed by atoms with Crippen molar-refractivity contribution in [2.45, 2.75) is 25.3 Å². The second-order valence-electron chi connectivity index (χ2n) is 5.59. The van der Waals surface area contributed by atoms with Crippen molar-refractivity contribution in [2.24, 2.45) is 0 Å². The van der Waals surface area contributed by atoms with Crippen LogP contribution in [0.15, 0.2) is 18.2 Å². The van der Waals surface area contributed by atoms with Crippen LogP contribution in [-0.2, 0) is 27.2 Å². The molecule has 0 bridgehead atoms. The number of carbonyl (C=O) groups excluding carboxylic acids is 1. The maximum absolute atomic E-state index is 12.4. The van der Waals surface area contributed by atoms with Crippen LogP contribution in [0.25, 0.3) is 0 Å². The summed E-state index contributed by atoms with van der Waals surface area (Å²) in [6, 6.07) is 4.87. The summed E-state index contributed by atoms with van der Waals surface area (Å²) < 4.78 is 10.7. The van der Waals surface area contributed by atoms with Gasteiger partial charge in [0.2, 0.25) is 5.91 Å². The van der Waals surface area contributed by atoms with E-state index in [4.69, 9.17) is 9.47 Å². The predicted octanol–water partition coefficient (Wildman–Crippen LogP) is 0.866. The Bertz CT molecular complexity index is 586. The number of amides is 1. The van der Waals surface area contributed by atoms with Crippen molar-refractivity contribution in [3.63, 3.8) is 0 Å². The summed E-state index contributed by atoms with van der Waals surface area (Å²) in [4.78, 5) is 25.1. The molecule has 2 heterocycles. The first-order chi connectivity index (χ1) is 10.6. The Morgan fingerprint density at radius 2 is 2.18 bits per heavy atom. The van der Waals surface area contributed by atoms with Crippen LogP contribution in [0.2, 0.25) is 0 Å². The van der Waals surface area contributed by atoms with Crippen LogP contribution in [0.4, 0.5) is 0 Å². The summed E-state index contributed by atoms with van der Waals surface area (Å²) in [6.45, 7) is 1.50. The maximum atomic E-state index is 12.4.